The van der Waals surface area contributed by atoms with Gasteiger partial charge < -0.3 is 10.2 Å². The predicted octanol–water partition coefficient (Wildman–Crippen LogP) is 5.29. The van der Waals surface area contributed by atoms with Gasteiger partial charge in [-0.3, -0.25) is 0 Å². The number of fused-ring (bicyclic) bond motifs is 1. The second kappa shape index (κ2) is 5.75. The Labute approximate surface area is 146 Å². The molecule has 20 heavy (non-hydrogen) atoms. The fourth-order valence-electron chi connectivity index (χ4n) is 1.86. The van der Waals surface area contributed by atoms with Crippen LogP contribution in [0.15, 0.2) is 30.0 Å². The summed E-state index contributed by atoms with van der Waals surface area (Å²) >= 11 is 13.2. The molecule has 0 aliphatic rings. The van der Waals surface area contributed by atoms with Crippen molar-refractivity contribution >= 4 is 86.4 Å². The third-order valence-corrected chi connectivity index (χ3v) is 6.78. The number of carboxylic acids is 2. The molecular formula is C12H4Br4O4. The van der Waals surface area contributed by atoms with Gasteiger partial charge in [0.05, 0.1) is 11.1 Å². The lowest BCUT2D eigenvalue weighted by Gasteiger charge is -2.14. The molecule has 0 saturated carbocycles. The highest BCUT2D eigenvalue weighted by Gasteiger charge is 2.25. The summed E-state index contributed by atoms with van der Waals surface area (Å²) in [6, 6.07) is 2.94. The molecule has 0 aliphatic heterocycles. The number of benzene rings is 2. The highest BCUT2D eigenvalue weighted by atomic mass is 79.9. The predicted molar refractivity (Wildman–Crippen MR) is 88.7 cm³/mol. The topological polar surface area (TPSA) is 74.6 Å². The molecule has 0 aromatic heterocycles. The minimum absolute atomic E-state index is 0.0745. The van der Waals surface area contributed by atoms with E-state index in [1.165, 1.54) is 6.07 Å². The van der Waals surface area contributed by atoms with Crippen molar-refractivity contribution in [2.45, 2.75) is 0 Å². The second-order valence-electron chi connectivity index (χ2n) is 3.77. The van der Waals surface area contributed by atoms with Gasteiger partial charge in [-0.25, -0.2) is 9.59 Å². The smallest absolute Gasteiger partial charge is 0.337 e. The van der Waals surface area contributed by atoms with Gasteiger partial charge in [0, 0.05) is 28.7 Å². The third-order valence-electron chi connectivity index (χ3n) is 2.67. The van der Waals surface area contributed by atoms with Gasteiger partial charge >= 0.3 is 11.9 Å². The second-order valence-corrected chi connectivity index (χ2v) is 7.01. The zero-order valence-electron chi connectivity index (χ0n) is 9.38. The highest BCUT2D eigenvalue weighted by molar-refractivity contribution is 9.14. The Hall–Kier alpha value is -0.440. The molecule has 2 rings (SSSR count). The standard InChI is InChI=1S/C12H4Br4O4/c13-4-2-1-3(11(17)18)5-6(4)8(14)10(16)9(15)7(5)12(19)20/h1-2H,(H,17,18)(H,19,20). The molecule has 2 aromatic rings. The van der Waals surface area contributed by atoms with Crippen LogP contribution >= 0.6 is 63.7 Å². The molecule has 2 N–H and O–H groups in total. The lowest BCUT2D eigenvalue weighted by molar-refractivity contribution is 0.0694. The normalized spacial score (nSPS) is 10.8. The molecule has 104 valence electrons. The summed E-state index contributed by atoms with van der Waals surface area (Å²) in [6.07, 6.45) is 0. The van der Waals surface area contributed by atoms with Crippen LogP contribution in [0.3, 0.4) is 0 Å². The van der Waals surface area contributed by atoms with Crippen molar-refractivity contribution in [1.29, 1.82) is 0 Å². The van der Waals surface area contributed by atoms with Gasteiger partial charge in [0.1, 0.15) is 0 Å². The SMILES string of the molecule is O=C(O)c1ccc(Br)c2c(Br)c(Br)c(Br)c(C(=O)O)c12. The summed E-state index contributed by atoms with van der Waals surface area (Å²) in [6.45, 7) is 0. The van der Waals surface area contributed by atoms with E-state index in [4.69, 9.17) is 0 Å². The van der Waals surface area contributed by atoms with Crippen molar-refractivity contribution in [2.24, 2.45) is 0 Å². The average Bonchev–Trinajstić information content (AvgIpc) is 2.35. The lowest BCUT2D eigenvalue weighted by Crippen LogP contribution is -2.06. The highest BCUT2D eigenvalue weighted by Crippen LogP contribution is 2.44. The first-order valence-electron chi connectivity index (χ1n) is 5.02. The number of rotatable bonds is 2. The van der Waals surface area contributed by atoms with Crippen LogP contribution in [0.5, 0.6) is 0 Å². The van der Waals surface area contributed by atoms with E-state index in [0.717, 1.165) is 0 Å². The van der Waals surface area contributed by atoms with Crippen LogP contribution in [0.25, 0.3) is 10.8 Å². The first-order chi connectivity index (χ1) is 9.27. The molecule has 0 fully saturated rings. The molecule has 0 atom stereocenters. The molecular weight excluding hydrogens is 528 g/mol. The van der Waals surface area contributed by atoms with E-state index in [1.807, 2.05) is 0 Å². The average molecular weight is 532 g/mol. The summed E-state index contributed by atoms with van der Waals surface area (Å²) in [4.78, 5) is 22.9. The molecule has 4 nitrogen and oxygen atoms in total. The maximum Gasteiger partial charge on any atom is 0.337 e. The fourth-order valence-corrected chi connectivity index (χ4v) is 4.49. The monoisotopic (exact) mass is 528 g/mol. The molecule has 0 spiro atoms. The largest absolute Gasteiger partial charge is 0.478 e. The molecule has 0 amide bonds. The van der Waals surface area contributed by atoms with E-state index in [-0.39, 0.29) is 21.0 Å². The maximum absolute atomic E-state index is 11.5. The van der Waals surface area contributed by atoms with Crippen molar-refractivity contribution in [3.05, 3.63) is 41.2 Å². The molecule has 0 saturated heterocycles. The van der Waals surface area contributed by atoms with E-state index in [2.05, 4.69) is 63.7 Å². The van der Waals surface area contributed by atoms with Gasteiger partial charge in [0.15, 0.2) is 0 Å². The first kappa shape index (κ1) is 15.9. The molecule has 8 heteroatoms. The maximum atomic E-state index is 11.5. The minimum Gasteiger partial charge on any atom is -0.478 e. The number of hydrogen-bond donors (Lipinski definition) is 2. The molecule has 0 unspecified atom stereocenters. The number of halogens is 4. The van der Waals surface area contributed by atoms with Crippen molar-refractivity contribution < 1.29 is 19.8 Å². The number of aromatic carboxylic acids is 2. The zero-order valence-corrected chi connectivity index (χ0v) is 15.7. The molecule has 0 heterocycles. The van der Waals surface area contributed by atoms with Gasteiger partial charge in [-0.05, 0) is 59.9 Å². The quantitative estimate of drug-likeness (QED) is 0.517. The number of carbonyl (C=O) groups is 2. The van der Waals surface area contributed by atoms with Crippen LogP contribution in [-0.4, -0.2) is 22.2 Å². The Bertz CT molecular complexity index is 770. The van der Waals surface area contributed by atoms with E-state index >= 15 is 0 Å². The van der Waals surface area contributed by atoms with Crippen molar-refractivity contribution in [3.63, 3.8) is 0 Å². The van der Waals surface area contributed by atoms with Gasteiger partial charge in [-0.2, -0.15) is 0 Å². The lowest BCUT2D eigenvalue weighted by atomic mass is 9.99. The van der Waals surface area contributed by atoms with Crippen LogP contribution in [0.4, 0.5) is 0 Å². The number of carboxylic acid groups (broad SMARTS) is 2. The summed E-state index contributed by atoms with van der Waals surface area (Å²) in [5.74, 6) is -2.40. The van der Waals surface area contributed by atoms with E-state index in [1.54, 1.807) is 6.07 Å². The van der Waals surface area contributed by atoms with Crippen LogP contribution in [0.1, 0.15) is 20.7 Å². The Morgan fingerprint density at radius 2 is 1.40 bits per heavy atom. The van der Waals surface area contributed by atoms with E-state index < -0.39 is 11.9 Å². The van der Waals surface area contributed by atoms with Crippen molar-refractivity contribution in [1.82, 2.24) is 0 Å². The number of hydrogen-bond acceptors (Lipinski definition) is 2. The van der Waals surface area contributed by atoms with Gasteiger partial charge in [0.2, 0.25) is 0 Å². The zero-order chi connectivity index (χ0) is 15.2. The van der Waals surface area contributed by atoms with Crippen molar-refractivity contribution in [2.75, 3.05) is 0 Å². The molecule has 0 radical (unpaired) electrons. The van der Waals surface area contributed by atoms with Crippen LogP contribution in [0.2, 0.25) is 0 Å². The van der Waals surface area contributed by atoms with Crippen LogP contribution < -0.4 is 0 Å². The molecule has 2 aromatic carbocycles. The summed E-state index contributed by atoms with van der Waals surface area (Å²) in [7, 11) is 0. The van der Waals surface area contributed by atoms with Crippen LogP contribution in [0, 0.1) is 0 Å². The Kier molecular flexibility index (Phi) is 4.58. The Morgan fingerprint density at radius 1 is 0.800 bits per heavy atom. The summed E-state index contributed by atoms with van der Waals surface area (Å²) in [5.41, 5.74) is -0.178. The molecule has 0 aliphatic carbocycles. The van der Waals surface area contributed by atoms with Crippen LogP contribution in [-0.2, 0) is 0 Å². The van der Waals surface area contributed by atoms with Gasteiger partial charge in [-0.1, -0.05) is 15.9 Å². The summed E-state index contributed by atoms with van der Waals surface area (Å²) in [5, 5.41) is 19.3. The van der Waals surface area contributed by atoms with Gasteiger partial charge in [-0.15, -0.1) is 0 Å². The Balaban J connectivity index is 3.21. The van der Waals surface area contributed by atoms with Crippen molar-refractivity contribution in [3.8, 4) is 0 Å². The minimum atomic E-state index is -1.21. The van der Waals surface area contributed by atoms with E-state index in [9.17, 15) is 19.8 Å². The molecule has 0 bridgehead atoms. The summed E-state index contributed by atoms with van der Waals surface area (Å²) < 4.78 is 1.95. The Morgan fingerprint density at radius 3 is 1.90 bits per heavy atom. The fraction of sp³-hybridized carbons (Fsp3) is 0. The first-order valence-corrected chi connectivity index (χ1v) is 8.19. The third kappa shape index (κ3) is 2.43. The van der Waals surface area contributed by atoms with Gasteiger partial charge in [0.25, 0.3) is 0 Å². The van der Waals surface area contributed by atoms with E-state index in [0.29, 0.717) is 18.8 Å².